The van der Waals surface area contributed by atoms with E-state index in [1.807, 2.05) is 18.7 Å². The van der Waals surface area contributed by atoms with Gasteiger partial charge >= 0.3 is 0 Å². The van der Waals surface area contributed by atoms with E-state index in [1.54, 1.807) is 0 Å². The first-order valence-electron chi connectivity index (χ1n) is 6.34. The molecular weight excluding hydrogens is 251 g/mol. The SMILES string of the molecule is CCc1ncnc(NCCN2CCSCC2)c1F. The molecule has 0 radical (unpaired) electrons. The van der Waals surface area contributed by atoms with Crippen molar-refractivity contribution in [2.75, 3.05) is 43.0 Å². The zero-order valence-electron chi connectivity index (χ0n) is 10.7. The summed E-state index contributed by atoms with van der Waals surface area (Å²) in [4.78, 5) is 10.3. The second-order valence-electron chi connectivity index (χ2n) is 4.22. The minimum Gasteiger partial charge on any atom is -0.366 e. The lowest BCUT2D eigenvalue weighted by molar-refractivity contribution is 0.314. The fourth-order valence-electron chi connectivity index (χ4n) is 1.93. The van der Waals surface area contributed by atoms with Gasteiger partial charge in [0.2, 0.25) is 0 Å². The molecule has 0 unspecified atom stereocenters. The summed E-state index contributed by atoms with van der Waals surface area (Å²) in [5.41, 5.74) is 0.474. The highest BCUT2D eigenvalue weighted by molar-refractivity contribution is 7.99. The average Bonchev–Trinajstić information content (AvgIpc) is 2.42. The molecule has 0 bridgehead atoms. The molecule has 2 heterocycles. The Morgan fingerprint density at radius 1 is 1.39 bits per heavy atom. The molecule has 0 atom stereocenters. The zero-order chi connectivity index (χ0) is 12.8. The molecule has 0 aromatic carbocycles. The van der Waals surface area contributed by atoms with Crippen molar-refractivity contribution in [1.29, 1.82) is 0 Å². The summed E-state index contributed by atoms with van der Waals surface area (Å²) < 4.78 is 13.8. The lowest BCUT2D eigenvalue weighted by Gasteiger charge is -2.26. The number of hydrogen-bond donors (Lipinski definition) is 1. The van der Waals surface area contributed by atoms with E-state index < -0.39 is 0 Å². The monoisotopic (exact) mass is 270 g/mol. The highest BCUT2D eigenvalue weighted by atomic mass is 32.2. The topological polar surface area (TPSA) is 41.1 Å². The molecule has 0 spiro atoms. The largest absolute Gasteiger partial charge is 0.366 e. The van der Waals surface area contributed by atoms with Gasteiger partial charge in [-0.1, -0.05) is 6.92 Å². The lowest BCUT2D eigenvalue weighted by Crippen LogP contribution is -2.36. The molecule has 1 N–H and O–H groups in total. The van der Waals surface area contributed by atoms with Gasteiger partial charge in [-0.15, -0.1) is 0 Å². The van der Waals surface area contributed by atoms with E-state index in [0.717, 1.165) is 26.2 Å². The molecule has 2 rings (SSSR count). The van der Waals surface area contributed by atoms with Gasteiger partial charge in [-0.2, -0.15) is 11.8 Å². The highest BCUT2D eigenvalue weighted by Crippen LogP contribution is 2.13. The standard InChI is InChI=1S/C12H19FN4S/c1-2-10-11(13)12(16-9-15-10)14-3-4-17-5-7-18-8-6-17/h9H,2-8H2,1H3,(H,14,15,16). The molecular formula is C12H19FN4S. The fourth-order valence-corrected chi connectivity index (χ4v) is 2.91. The second-order valence-corrected chi connectivity index (χ2v) is 5.44. The van der Waals surface area contributed by atoms with Gasteiger partial charge in [-0.05, 0) is 6.42 Å². The number of aromatic nitrogens is 2. The number of aryl methyl sites for hydroxylation is 1. The van der Waals surface area contributed by atoms with Crippen molar-refractivity contribution in [3.8, 4) is 0 Å². The van der Waals surface area contributed by atoms with Crippen LogP contribution >= 0.6 is 11.8 Å². The van der Waals surface area contributed by atoms with E-state index in [9.17, 15) is 4.39 Å². The number of anilines is 1. The summed E-state index contributed by atoms with van der Waals surface area (Å²) in [7, 11) is 0. The van der Waals surface area contributed by atoms with Crippen LogP contribution in [0.3, 0.4) is 0 Å². The molecule has 1 aliphatic heterocycles. The van der Waals surface area contributed by atoms with Crippen LogP contribution in [-0.4, -0.2) is 52.6 Å². The summed E-state index contributed by atoms with van der Waals surface area (Å²) in [6, 6.07) is 0. The Labute approximate surface area is 111 Å². The van der Waals surface area contributed by atoms with Crippen LogP contribution in [0, 0.1) is 5.82 Å². The van der Waals surface area contributed by atoms with Gasteiger partial charge < -0.3 is 5.32 Å². The van der Waals surface area contributed by atoms with Crippen molar-refractivity contribution < 1.29 is 4.39 Å². The number of nitrogens with one attached hydrogen (secondary N) is 1. The molecule has 1 saturated heterocycles. The average molecular weight is 270 g/mol. The zero-order valence-corrected chi connectivity index (χ0v) is 11.5. The van der Waals surface area contributed by atoms with Gasteiger partial charge in [-0.3, -0.25) is 4.90 Å². The molecule has 1 aromatic rings. The highest BCUT2D eigenvalue weighted by Gasteiger charge is 2.11. The van der Waals surface area contributed by atoms with Crippen LogP contribution in [0.1, 0.15) is 12.6 Å². The maximum atomic E-state index is 13.8. The predicted molar refractivity (Wildman–Crippen MR) is 73.6 cm³/mol. The number of hydrogen-bond acceptors (Lipinski definition) is 5. The van der Waals surface area contributed by atoms with E-state index in [2.05, 4.69) is 20.2 Å². The van der Waals surface area contributed by atoms with Gasteiger partial charge in [0.15, 0.2) is 11.6 Å². The molecule has 1 fully saturated rings. The normalized spacial score (nSPS) is 16.8. The minimum atomic E-state index is -0.311. The fraction of sp³-hybridized carbons (Fsp3) is 0.667. The lowest BCUT2D eigenvalue weighted by atomic mass is 10.3. The van der Waals surface area contributed by atoms with Crippen LogP contribution in [0.25, 0.3) is 0 Å². The minimum absolute atomic E-state index is 0.311. The first-order chi connectivity index (χ1) is 8.81. The molecule has 0 aliphatic carbocycles. The molecule has 4 nitrogen and oxygen atoms in total. The Morgan fingerprint density at radius 3 is 2.89 bits per heavy atom. The van der Waals surface area contributed by atoms with Crippen LogP contribution in [0.2, 0.25) is 0 Å². The first kappa shape index (κ1) is 13.5. The van der Waals surface area contributed by atoms with Crippen LogP contribution in [0.4, 0.5) is 10.2 Å². The number of thioether (sulfide) groups is 1. The van der Waals surface area contributed by atoms with Gasteiger partial charge in [0.1, 0.15) is 6.33 Å². The third-order valence-electron chi connectivity index (χ3n) is 3.02. The maximum absolute atomic E-state index is 13.8. The van der Waals surface area contributed by atoms with E-state index >= 15 is 0 Å². The smallest absolute Gasteiger partial charge is 0.186 e. The van der Waals surface area contributed by atoms with Crippen molar-refractivity contribution in [2.24, 2.45) is 0 Å². The summed E-state index contributed by atoms with van der Waals surface area (Å²) in [5.74, 6) is 2.41. The molecule has 18 heavy (non-hydrogen) atoms. The predicted octanol–water partition coefficient (Wildman–Crippen LogP) is 1.64. The van der Waals surface area contributed by atoms with Crippen molar-refractivity contribution in [2.45, 2.75) is 13.3 Å². The number of rotatable bonds is 5. The van der Waals surface area contributed by atoms with Crippen molar-refractivity contribution in [3.63, 3.8) is 0 Å². The van der Waals surface area contributed by atoms with E-state index in [-0.39, 0.29) is 5.82 Å². The molecule has 0 amide bonds. The molecule has 1 aromatic heterocycles. The van der Waals surface area contributed by atoms with E-state index in [1.165, 1.54) is 17.8 Å². The summed E-state index contributed by atoms with van der Waals surface area (Å²) in [6.45, 7) is 5.80. The quantitative estimate of drug-likeness (QED) is 0.881. The van der Waals surface area contributed by atoms with Gasteiger partial charge in [-0.25, -0.2) is 14.4 Å². The Balaban J connectivity index is 1.82. The van der Waals surface area contributed by atoms with Crippen LogP contribution in [0.5, 0.6) is 0 Å². The van der Waals surface area contributed by atoms with E-state index in [4.69, 9.17) is 0 Å². The number of halogens is 1. The molecule has 100 valence electrons. The van der Waals surface area contributed by atoms with Crippen LogP contribution < -0.4 is 5.32 Å². The van der Waals surface area contributed by atoms with Crippen molar-refractivity contribution in [1.82, 2.24) is 14.9 Å². The van der Waals surface area contributed by atoms with Crippen molar-refractivity contribution in [3.05, 3.63) is 17.8 Å². The summed E-state index contributed by atoms with van der Waals surface area (Å²) in [6.07, 6.45) is 2.01. The van der Waals surface area contributed by atoms with Crippen molar-refractivity contribution >= 4 is 17.6 Å². The summed E-state index contributed by atoms with van der Waals surface area (Å²) in [5, 5.41) is 3.06. The molecule has 6 heteroatoms. The first-order valence-corrected chi connectivity index (χ1v) is 7.50. The van der Waals surface area contributed by atoms with Crippen LogP contribution in [0.15, 0.2) is 6.33 Å². The molecule has 0 saturated carbocycles. The van der Waals surface area contributed by atoms with Crippen LogP contribution in [-0.2, 0) is 6.42 Å². The van der Waals surface area contributed by atoms with Gasteiger partial charge in [0, 0.05) is 37.7 Å². The third-order valence-corrected chi connectivity index (χ3v) is 3.96. The molecule has 1 aliphatic rings. The summed E-state index contributed by atoms with van der Waals surface area (Å²) >= 11 is 1.99. The van der Waals surface area contributed by atoms with Gasteiger partial charge in [0.25, 0.3) is 0 Å². The maximum Gasteiger partial charge on any atom is 0.186 e. The Morgan fingerprint density at radius 2 is 2.17 bits per heavy atom. The Hall–Kier alpha value is -0.880. The Bertz CT molecular complexity index is 382. The third kappa shape index (κ3) is 3.55. The Kier molecular flexibility index (Phi) is 5.19. The number of nitrogens with zero attached hydrogens (tertiary/aromatic N) is 3. The van der Waals surface area contributed by atoms with Gasteiger partial charge in [0.05, 0.1) is 5.69 Å². The second kappa shape index (κ2) is 6.89. The van der Waals surface area contributed by atoms with E-state index in [0.29, 0.717) is 17.9 Å².